The van der Waals surface area contributed by atoms with Crippen LogP contribution in [0.15, 0.2) is 0 Å². The minimum Gasteiger partial charge on any atom is -0.481 e. The van der Waals surface area contributed by atoms with Crippen LogP contribution in [0, 0.1) is 0 Å². The number of carboxylic acid groups (broad SMARTS) is 1. The summed E-state index contributed by atoms with van der Waals surface area (Å²) < 4.78 is 0. The molecule has 0 radical (unpaired) electrons. The van der Waals surface area contributed by atoms with Crippen molar-refractivity contribution in [3.05, 3.63) is 0 Å². The van der Waals surface area contributed by atoms with Crippen LogP contribution in [0.25, 0.3) is 0 Å². The van der Waals surface area contributed by atoms with E-state index in [9.17, 15) is 4.79 Å². The number of thioether (sulfide) groups is 1. The summed E-state index contributed by atoms with van der Waals surface area (Å²) >= 11 is 1.86. The zero-order chi connectivity index (χ0) is 11.0. The topological polar surface area (TPSA) is 49.3 Å². The number of nitrogens with one attached hydrogen (secondary N) is 1. The zero-order valence-corrected chi connectivity index (χ0v) is 10.1. The predicted molar refractivity (Wildman–Crippen MR) is 61.9 cm³/mol. The van der Waals surface area contributed by atoms with Gasteiger partial charge < -0.3 is 10.4 Å². The summed E-state index contributed by atoms with van der Waals surface area (Å²) in [5, 5.41) is 12.5. The monoisotopic (exact) mass is 219 g/mol. The minimum absolute atomic E-state index is 0.256. The van der Waals surface area contributed by atoms with Gasteiger partial charge in [0.1, 0.15) is 0 Å². The SMILES string of the molecule is CSC(C)CCNC(C)CCC(=O)O. The highest BCUT2D eigenvalue weighted by atomic mass is 32.2. The van der Waals surface area contributed by atoms with Gasteiger partial charge in [-0.3, -0.25) is 4.79 Å². The Labute approximate surface area is 90.7 Å². The lowest BCUT2D eigenvalue weighted by molar-refractivity contribution is -0.137. The van der Waals surface area contributed by atoms with Crippen molar-refractivity contribution >= 4 is 17.7 Å². The maximum Gasteiger partial charge on any atom is 0.303 e. The van der Waals surface area contributed by atoms with Crippen molar-refractivity contribution in [2.75, 3.05) is 12.8 Å². The third-order valence-corrected chi connectivity index (χ3v) is 3.28. The quantitative estimate of drug-likeness (QED) is 0.655. The highest BCUT2D eigenvalue weighted by Gasteiger charge is 2.05. The number of hydrogen-bond acceptors (Lipinski definition) is 3. The molecule has 0 aliphatic carbocycles. The fourth-order valence-electron chi connectivity index (χ4n) is 1.09. The first-order valence-electron chi connectivity index (χ1n) is 5.04. The van der Waals surface area contributed by atoms with Crippen LogP contribution in [0.5, 0.6) is 0 Å². The Balaban J connectivity index is 3.35. The molecule has 3 nitrogen and oxygen atoms in total. The zero-order valence-electron chi connectivity index (χ0n) is 9.25. The normalized spacial score (nSPS) is 15.1. The number of carbonyl (C=O) groups is 1. The van der Waals surface area contributed by atoms with E-state index in [0.29, 0.717) is 17.7 Å². The molecule has 0 aliphatic heterocycles. The molecule has 4 heteroatoms. The maximum absolute atomic E-state index is 10.3. The van der Waals surface area contributed by atoms with Gasteiger partial charge in [0.25, 0.3) is 0 Å². The van der Waals surface area contributed by atoms with Gasteiger partial charge >= 0.3 is 5.97 Å². The molecule has 0 aromatic carbocycles. The highest BCUT2D eigenvalue weighted by molar-refractivity contribution is 7.99. The third-order valence-electron chi connectivity index (χ3n) is 2.24. The summed E-state index contributed by atoms with van der Waals surface area (Å²) in [6.07, 6.45) is 4.21. The predicted octanol–water partition coefficient (Wildman–Crippen LogP) is 1.97. The van der Waals surface area contributed by atoms with Gasteiger partial charge in [-0.15, -0.1) is 0 Å². The van der Waals surface area contributed by atoms with Crippen molar-refractivity contribution in [2.24, 2.45) is 0 Å². The van der Waals surface area contributed by atoms with E-state index in [1.165, 1.54) is 0 Å². The van der Waals surface area contributed by atoms with Gasteiger partial charge in [0.05, 0.1) is 0 Å². The molecule has 0 rings (SSSR count). The molecule has 2 atom stereocenters. The second-order valence-corrected chi connectivity index (χ2v) is 4.90. The summed E-state index contributed by atoms with van der Waals surface area (Å²) in [6.45, 7) is 5.21. The number of aliphatic carboxylic acids is 1. The molecular formula is C10H21NO2S. The fourth-order valence-corrected chi connectivity index (χ4v) is 1.45. The number of carboxylic acids is 1. The van der Waals surface area contributed by atoms with Gasteiger partial charge in [-0.1, -0.05) is 6.92 Å². The summed E-state index contributed by atoms with van der Waals surface area (Å²) in [6, 6.07) is 0.306. The average molecular weight is 219 g/mol. The molecule has 0 spiro atoms. The molecule has 0 aromatic rings. The Morgan fingerprint density at radius 2 is 2.07 bits per heavy atom. The van der Waals surface area contributed by atoms with Gasteiger partial charge in [-0.05, 0) is 32.6 Å². The summed E-state index contributed by atoms with van der Waals surface area (Å²) in [4.78, 5) is 10.3. The lowest BCUT2D eigenvalue weighted by Crippen LogP contribution is -2.28. The van der Waals surface area contributed by atoms with Crippen LogP contribution in [0.4, 0.5) is 0 Å². The van der Waals surface area contributed by atoms with E-state index in [4.69, 9.17) is 5.11 Å². The van der Waals surface area contributed by atoms with Crippen LogP contribution < -0.4 is 5.32 Å². The van der Waals surface area contributed by atoms with E-state index in [1.54, 1.807) is 0 Å². The molecule has 0 saturated heterocycles. The van der Waals surface area contributed by atoms with Gasteiger partial charge in [0.2, 0.25) is 0 Å². The Bertz CT molecular complexity index is 164. The van der Waals surface area contributed by atoms with Crippen molar-refractivity contribution in [2.45, 2.75) is 44.4 Å². The molecular weight excluding hydrogens is 198 g/mol. The van der Waals surface area contributed by atoms with E-state index in [1.807, 2.05) is 18.7 Å². The van der Waals surface area contributed by atoms with Crippen molar-refractivity contribution in [1.29, 1.82) is 0 Å². The van der Waals surface area contributed by atoms with E-state index in [-0.39, 0.29) is 6.42 Å². The van der Waals surface area contributed by atoms with Crippen molar-refractivity contribution in [1.82, 2.24) is 5.32 Å². The summed E-state index contributed by atoms with van der Waals surface area (Å²) in [5.41, 5.74) is 0. The molecule has 0 amide bonds. The van der Waals surface area contributed by atoms with E-state index < -0.39 is 5.97 Å². The first kappa shape index (κ1) is 13.8. The molecule has 2 unspecified atom stereocenters. The van der Waals surface area contributed by atoms with Crippen LogP contribution in [0.2, 0.25) is 0 Å². The van der Waals surface area contributed by atoms with Gasteiger partial charge in [0.15, 0.2) is 0 Å². The van der Waals surface area contributed by atoms with Crippen LogP contribution >= 0.6 is 11.8 Å². The molecule has 14 heavy (non-hydrogen) atoms. The largest absolute Gasteiger partial charge is 0.481 e. The smallest absolute Gasteiger partial charge is 0.303 e. The highest BCUT2D eigenvalue weighted by Crippen LogP contribution is 2.08. The van der Waals surface area contributed by atoms with Gasteiger partial charge in [-0.25, -0.2) is 0 Å². The number of rotatable bonds is 8. The molecule has 0 saturated carbocycles. The van der Waals surface area contributed by atoms with Gasteiger partial charge in [-0.2, -0.15) is 11.8 Å². The van der Waals surface area contributed by atoms with E-state index in [0.717, 1.165) is 13.0 Å². The fraction of sp³-hybridized carbons (Fsp3) is 0.900. The van der Waals surface area contributed by atoms with E-state index >= 15 is 0 Å². The van der Waals surface area contributed by atoms with Crippen molar-refractivity contribution < 1.29 is 9.90 Å². The molecule has 84 valence electrons. The van der Waals surface area contributed by atoms with Crippen molar-refractivity contribution in [3.8, 4) is 0 Å². The summed E-state index contributed by atoms with van der Waals surface area (Å²) in [5.74, 6) is -0.712. The number of hydrogen-bond donors (Lipinski definition) is 2. The average Bonchev–Trinajstić information content (AvgIpc) is 2.14. The summed E-state index contributed by atoms with van der Waals surface area (Å²) in [7, 11) is 0. The van der Waals surface area contributed by atoms with Crippen LogP contribution in [-0.4, -0.2) is 35.2 Å². The Morgan fingerprint density at radius 1 is 1.43 bits per heavy atom. The molecule has 0 aliphatic rings. The van der Waals surface area contributed by atoms with Crippen LogP contribution in [-0.2, 0) is 4.79 Å². The molecule has 0 fully saturated rings. The Hall–Kier alpha value is -0.220. The second kappa shape index (κ2) is 8.12. The maximum atomic E-state index is 10.3. The molecule has 0 heterocycles. The Morgan fingerprint density at radius 3 is 2.57 bits per heavy atom. The van der Waals surface area contributed by atoms with Crippen LogP contribution in [0.3, 0.4) is 0 Å². The molecule has 0 aromatic heterocycles. The lowest BCUT2D eigenvalue weighted by Gasteiger charge is -2.14. The third kappa shape index (κ3) is 8.38. The second-order valence-electron chi connectivity index (χ2n) is 3.62. The molecule has 0 bridgehead atoms. The molecule has 2 N–H and O–H groups in total. The van der Waals surface area contributed by atoms with Gasteiger partial charge in [0, 0.05) is 17.7 Å². The van der Waals surface area contributed by atoms with Crippen molar-refractivity contribution in [3.63, 3.8) is 0 Å². The first-order chi connectivity index (χ1) is 6.56. The minimum atomic E-state index is -0.712. The van der Waals surface area contributed by atoms with E-state index in [2.05, 4.69) is 18.5 Å². The standard InChI is InChI=1S/C10H21NO2S/c1-8(4-5-10(12)13)11-7-6-9(2)14-3/h8-9,11H,4-7H2,1-3H3,(H,12,13). The lowest BCUT2D eigenvalue weighted by atomic mass is 10.2. The Kier molecular flexibility index (Phi) is 7.99. The first-order valence-corrected chi connectivity index (χ1v) is 6.33. The van der Waals surface area contributed by atoms with Crippen LogP contribution in [0.1, 0.15) is 33.1 Å².